The minimum atomic E-state index is -0.813. The average molecular weight is 309 g/mol. The highest BCUT2D eigenvalue weighted by Gasteiger charge is 2.25. The Labute approximate surface area is 128 Å². The molecular formula is C16H20FNO4. The molecule has 1 heterocycles. The SMILES string of the molecule is COc1cc(C(=O)N2CCC[C@@H](CCC(=O)O)C2)ccc1F. The molecule has 0 spiro atoms. The van der Waals surface area contributed by atoms with Crippen LogP contribution in [0.1, 0.15) is 36.0 Å². The Hall–Kier alpha value is -2.11. The van der Waals surface area contributed by atoms with E-state index in [9.17, 15) is 14.0 Å². The Bertz CT molecular complexity index is 561. The van der Waals surface area contributed by atoms with Gasteiger partial charge in [0.25, 0.3) is 5.91 Å². The lowest BCUT2D eigenvalue weighted by Crippen LogP contribution is -2.40. The summed E-state index contributed by atoms with van der Waals surface area (Å²) in [5.74, 6) is -1.23. The molecule has 0 saturated carbocycles. The van der Waals surface area contributed by atoms with Gasteiger partial charge in [-0.2, -0.15) is 0 Å². The number of hydrogen-bond acceptors (Lipinski definition) is 3. The Balaban J connectivity index is 2.03. The molecular weight excluding hydrogens is 289 g/mol. The molecule has 1 aromatic carbocycles. The maximum atomic E-state index is 13.4. The van der Waals surface area contributed by atoms with Crippen LogP contribution in [0.15, 0.2) is 18.2 Å². The molecule has 1 aromatic rings. The highest BCUT2D eigenvalue weighted by atomic mass is 19.1. The number of carboxylic acids is 1. The molecule has 5 nitrogen and oxygen atoms in total. The summed E-state index contributed by atoms with van der Waals surface area (Å²) in [6.07, 6.45) is 2.49. The van der Waals surface area contributed by atoms with Crippen LogP contribution < -0.4 is 4.74 Å². The van der Waals surface area contributed by atoms with Crippen molar-refractivity contribution in [2.24, 2.45) is 5.92 Å². The lowest BCUT2D eigenvalue weighted by molar-refractivity contribution is -0.137. The molecule has 0 unspecified atom stereocenters. The van der Waals surface area contributed by atoms with E-state index in [1.165, 1.54) is 25.3 Å². The van der Waals surface area contributed by atoms with Crippen LogP contribution in [0.5, 0.6) is 5.75 Å². The molecule has 0 radical (unpaired) electrons. The molecule has 0 aromatic heterocycles. The third kappa shape index (κ3) is 3.96. The monoisotopic (exact) mass is 309 g/mol. The van der Waals surface area contributed by atoms with Crippen molar-refractivity contribution in [3.05, 3.63) is 29.6 Å². The van der Waals surface area contributed by atoms with Gasteiger partial charge in [-0.25, -0.2) is 4.39 Å². The summed E-state index contributed by atoms with van der Waals surface area (Å²) < 4.78 is 18.3. The predicted molar refractivity (Wildman–Crippen MR) is 78.4 cm³/mol. The number of carboxylic acid groups (broad SMARTS) is 1. The lowest BCUT2D eigenvalue weighted by atomic mass is 9.93. The second-order valence-electron chi connectivity index (χ2n) is 5.54. The summed E-state index contributed by atoms with van der Waals surface area (Å²) in [7, 11) is 1.36. The predicted octanol–water partition coefficient (Wildman–Crippen LogP) is 2.55. The topological polar surface area (TPSA) is 66.8 Å². The van der Waals surface area contributed by atoms with Crippen LogP contribution >= 0.6 is 0 Å². The number of methoxy groups -OCH3 is 1. The van der Waals surface area contributed by atoms with Crippen LogP contribution in [-0.4, -0.2) is 42.1 Å². The summed E-state index contributed by atoms with van der Waals surface area (Å²) >= 11 is 0. The molecule has 6 heteroatoms. The summed E-state index contributed by atoms with van der Waals surface area (Å²) in [5.41, 5.74) is 0.386. The molecule has 1 amide bonds. The Morgan fingerprint density at radius 3 is 2.91 bits per heavy atom. The molecule has 1 N–H and O–H groups in total. The fourth-order valence-electron chi connectivity index (χ4n) is 2.79. The van der Waals surface area contributed by atoms with Crippen molar-refractivity contribution < 1.29 is 23.8 Å². The van der Waals surface area contributed by atoms with E-state index in [4.69, 9.17) is 9.84 Å². The van der Waals surface area contributed by atoms with E-state index in [-0.39, 0.29) is 24.0 Å². The summed E-state index contributed by atoms with van der Waals surface area (Å²) in [5, 5.41) is 8.75. The summed E-state index contributed by atoms with van der Waals surface area (Å²) in [6.45, 7) is 1.19. The van der Waals surface area contributed by atoms with Crippen molar-refractivity contribution in [3.63, 3.8) is 0 Å². The zero-order valence-electron chi connectivity index (χ0n) is 12.5. The van der Waals surface area contributed by atoms with Crippen molar-refractivity contribution >= 4 is 11.9 Å². The number of amides is 1. The van der Waals surface area contributed by atoms with E-state index < -0.39 is 11.8 Å². The van der Waals surface area contributed by atoms with Crippen LogP contribution in [0, 0.1) is 11.7 Å². The van der Waals surface area contributed by atoms with Gasteiger partial charge >= 0.3 is 5.97 Å². The molecule has 22 heavy (non-hydrogen) atoms. The van der Waals surface area contributed by atoms with Gasteiger partial charge in [-0.15, -0.1) is 0 Å². The smallest absolute Gasteiger partial charge is 0.303 e. The number of nitrogens with zero attached hydrogens (tertiary/aromatic N) is 1. The Morgan fingerprint density at radius 1 is 1.45 bits per heavy atom. The molecule has 2 rings (SSSR count). The van der Waals surface area contributed by atoms with Crippen LogP contribution in [0.3, 0.4) is 0 Å². The number of piperidine rings is 1. The first-order valence-corrected chi connectivity index (χ1v) is 7.36. The number of carbonyl (C=O) groups excluding carboxylic acids is 1. The lowest BCUT2D eigenvalue weighted by Gasteiger charge is -2.32. The fraction of sp³-hybridized carbons (Fsp3) is 0.500. The fourth-order valence-corrected chi connectivity index (χ4v) is 2.79. The number of likely N-dealkylation sites (tertiary alicyclic amines) is 1. The molecule has 1 saturated heterocycles. The molecule has 1 aliphatic rings. The highest BCUT2D eigenvalue weighted by molar-refractivity contribution is 5.94. The number of rotatable bonds is 5. The second-order valence-corrected chi connectivity index (χ2v) is 5.54. The number of benzene rings is 1. The first-order chi connectivity index (χ1) is 10.5. The maximum absolute atomic E-state index is 13.4. The van der Waals surface area contributed by atoms with Gasteiger partial charge in [0.05, 0.1) is 7.11 Å². The zero-order valence-corrected chi connectivity index (χ0v) is 12.5. The van der Waals surface area contributed by atoms with Crippen LogP contribution in [0.4, 0.5) is 4.39 Å². The van der Waals surface area contributed by atoms with Crippen LogP contribution in [0.25, 0.3) is 0 Å². The van der Waals surface area contributed by atoms with Gasteiger partial charge < -0.3 is 14.7 Å². The molecule has 1 fully saturated rings. The largest absolute Gasteiger partial charge is 0.494 e. The average Bonchev–Trinajstić information content (AvgIpc) is 2.53. The van der Waals surface area contributed by atoms with Gasteiger partial charge in [0.1, 0.15) is 0 Å². The van der Waals surface area contributed by atoms with Gasteiger partial charge in [0.2, 0.25) is 0 Å². The van der Waals surface area contributed by atoms with Crippen LogP contribution in [-0.2, 0) is 4.79 Å². The van der Waals surface area contributed by atoms with Gasteiger partial charge in [0, 0.05) is 25.1 Å². The number of hydrogen-bond donors (Lipinski definition) is 1. The Kier molecular flexibility index (Phi) is 5.35. The minimum absolute atomic E-state index is 0.0466. The standard InChI is InChI=1S/C16H20FNO4/c1-22-14-9-12(5-6-13(14)17)16(21)18-8-2-3-11(10-18)4-7-15(19)20/h5-6,9,11H,2-4,7-8,10H2,1H3,(H,19,20)/t11-/m0/s1. The van der Waals surface area contributed by atoms with Crippen molar-refractivity contribution in [2.45, 2.75) is 25.7 Å². The van der Waals surface area contributed by atoms with Gasteiger partial charge in [0.15, 0.2) is 11.6 Å². The number of ether oxygens (including phenoxy) is 1. The maximum Gasteiger partial charge on any atom is 0.303 e. The molecule has 0 aliphatic carbocycles. The quantitative estimate of drug-likeness (QED) is 0.907. The third-order valence-corrected chi connectivity index (χ3v) is 3.97. The van der Waals surface area contributed by atoms with Gasteiger partial charge in [-0.1, -0.05) is 0 Å². The van der Waals surface area contributed by atoms with E-state index in [1.54, 1.807) is 4.90 Å². The van der Waals surface area contributed by atoms with E-state index in [0.717, 1.165) is 12.8 Å². The summed E-state index contributed by atoms with van der Waals surface area (Å²) in [4.78, 5) is 24.9. The first-order valence-electron chi connectivity index (χ1n) is 7.36. The van der Waals surface area contributed by atoms with E-state index in [1.807, 2.05) is 0 Å². The summed E-state index contributed by atoms with van der Waals surface area (Å²) in [6, 6.07) is 4.07. The minimum Gasteiger partial charge on any atom is -0.494 e. The van der Waals surface area contributed by atoms with Gasteiger partial charge in [-0.05, 0) is 43.4 Å². The van der Waals surface area contributed by atoms with Crippen molar-refractivity contribution in [1.82, 2.24) is 4.90 Å². The second kappa shape index (κ2) is 7.24. The van der Waals surface area contributed by atoms with Crippen molar-refractivity contribution in [2.75, 3.05) is 20.2 Å². The van der Waals surface area contributed by atoms with E-state index in [0.29, 0.717) is 25.1 Å². The van der Waals surface area contributed by atoms with Crippen molar-refractivity contribution in [1.29, 1.82) is 0 Å². The molecule has 1 aliphatic heterocycles. The molecule has 0 bridgehead atoms. The molecule has 120 valence electrons. The first kappa shape index (κ1) is 16.3. The Morgan fingerprint density at radius 2 is 2.23 bits per heavy atom. The zero-order chi connectivity index (χ0) is 16.1. The normalized spacial score (nSPS) is 18.1. The van der Waals surface area contributed by atoms with Gasteiger partial charge in [-0.3, -0.25) is 9.59 Å². The molecule has 1 atom stereocenters. The van der Waals surface area contributed by atoms with E-state index in [2.05, 4.69) is 0 Å². The third-order valence-electron chi connectivity index (χ3n) is 3.97. The highest BCUT2D eigenvalue weighted by Crippen LogP contribution is 2.24. The van der Waals surface area contributed by atoms with Crippen molar-refractivity contribution in [3.8, 4) is 5.75 Å². The number of halogens is 1. The number of aliphatic carboxylic acids is 1. The van der Waals surface area contributed by atoms with Crippen LogP contribution in [0.2, 0.25) is 0 Å². The van der Waals surface area contributed by atoms with E-state index >= 15 is 0 Å². The number of carbonyl (C=O) groups is 2.